The van der Waals surface area contributed by atoms with Gasteiger partial charge in [0.2, 0.25) is 5.82 Å². The second-order valence-corrected chi connectivity index (χ2v) is 5.56. The normalized spacial score (nSPS) is 10.4. The van der Waals surface area contributed by atoms with Crippen molar-refractivity contribution in [1.82, 2.24) is 10.3 Å². The summed E-state index contributed by atoms with van der Waals surface area (Å²) in [5.74, 6) is 1.32. The number of anilines is 1. The molecule has 0 saturated heterocycles. The van der Waals surface area contributed by atoms with E-state index < -0.39 is 0 Å². The van der Waals surface area contributed by atoms with Gasteiger partial charge in [-0.3, -0.25) is 4.79 Å². The Hall–Kier alpha value is -3.35. The number of carbonyl (C=O) groups excluding carboxylic acids is 1. The maximum atomic E-state index is 12.5. The first-order chi connectivity index (χ1) is 12.6. The van der Waals surface area contributed by atoms with Crippen LogP contribution in [-0.2, 0) is 0 Å². The molecule has 0 radical (unpaired) electrons. The third-order valence-corrected chi connectivity index (χ3v) is 3.80. The number of hydrogen-bond acceptors (Lipinski definition) is 6. The van der Waals surface area contributed by atoms with Gasteiger partial charge in [-0.25, -0.2) is 4.63 Å². The van der Waals surface area contributed by atoms with Crippen molar-refractivity contribution in [3.8, 4) is 22.8 Å². The SMILES string of the molecule is CCOc1ccc(-c2nonc2NC(=O)c2cccc(OC)c2)cc1C. The first-order valence-electron chi connectivity index (χ1n) is 8.14. The summed E-state index contributed by atoms with van der Waals surface area (Å²) in [7, 11) is 1.55. The molecule has 134 valence electrons. The zero-order valence-electron chi connectivity index (χ0n) is 14.8. The van der Waals surface area contributed by atoms with Crippen molar-refractivity contribution >= 4 is 11.7 Å². The largest absolute Gasteiger partial charge is 0.497 e. The molecule has 1 N–H and O–H groups in total. The van der Waals surface area contributed by atoms with Crippen LogP contribution in [0.1, 0.15) is 22.8 Å². The van der Waals surface area contributed by atoms with E-state index in [2.05, 4.69) is 15.6 Å². The molecule has 0 aliphatic heterocycles. The van der Waals surface area contributed by atoms with E-state index in [4.69, 9.17) is 14.1 Å². The summed E-state index contributed by atoms with van der Waals surface area (Å²) in [6.07, 6.45) is 0. The van der Waals surface area contributed by atoms with Gasteiger partial charge in [0.1, 0.15) is 11.5 Å². The van der Waals surface area contributed by atoms with Gasteiger partial charge in [0.15, 0.2) is 5.69 Å². The number of aryl methyl sites for hydroxylation is 1. The van der Waals surface area contributed by atoms with Gasteiger partial charge in [0.05, 0.1) is 13.7 Å². The Balaban J connectivity index is 1.84. The lowest BCUT2D eigenvalue weighted by atomic mass is 10.1. The second-order valence-electron chi connectivity index (χ2n) is 5.56. The molecular formula is C19H19N3O4. The number of nitrogens with one attached hydrogen (secondary N) is 1. The first kappa shape index (κ1) is 17.5. The number of aromatic nitrogens is 2. The third-order valence-electron chi connectivity index (χ3n) is 3.80. The van der Waals surface area contributed by atoms with Crippen molar-refractivity contribution in [3.63, 3.8) is 0 Å². The molecule has 1 heterocycles. The second kappa shape index (κ2) is 7.69. The Morgan fingerprint density at radius 1 is 1.19 bits per heavy atom. The molecule has 3 rings (SSSR count). The first-order valence-corrected chi connectivity index (χ1v) is 8.14. The molecule has 0 saturated carbocycles. The topological polar surface area (TPSA) is 86.5 Å². The minimum atomic E-state index is -0.330. The Kier molecular flexibility index (Phi) is 5.17. The van der Waals surface area contributed by atoms with Crippen molar-refractivity contribution in [2.75, 3.05) is 19.0 Å². The molecule has 7 nitrogen and oxygen atoms in total. The Bertz CT molecular complexity index is 921. The Morgan fingerprint density at radius 2 is 2.04 bits per heavy atom. The average Bonchev–Trinajstić information content (AvgIpc) is 3.11. The highest BCUT2D eigenvalue weighted by Crippen LogP contribution is 2.29. The van der Waals surface area contributed by atoms with Gasteiger partial charge in [-0.1, -0.05) is 6.07 Å². The van der Waals surface area contributed by atoms with E-state index in [1.807, 2.05) is 32.0 Å². The van der Waals surface area contributed by atoms with Crippen molar-refractivity contribution in [2.45, 2.75) is 13.8 Å². The van der Waals surface area contributed by atoms with Crippen molar-refractivity contribution in [2.24, 2.45) is 0 Å². The summed E-state index contributed by atoms with van der Waals surface area (Å²) in [5.41, 5.74) is 2.62. The van der Waals surface area contributed by atoms with E-state index in [-0.39, 0.29) is 11.7 Å². The van der Waals surface area contributed by atoms with Gasteiger partial charge in [-0.05, 0) is 66.1 Å². The summed E-state index contributed by atoms with van der Waals surface area (Å²) in [4.78, 5) is 12.5. The summed E-state index contributed by atoms with van der Waals surface area (Å²) < 4.78 is 15.5. The van der Waals surface area contributed by atoms with Crippen molar-refractivity contribution < 1.29 is 18.9 Å². The molecule has 0 bridgehead atoms. The number of carbonyl (C=O) groups is 1. The summed E-state index contributed by atoms with van der Waals surface area (Å²) in [6, 6.07) is 12.4. The molecule has 0 aliphatic carbocycles. The maximum absolute atomic E-state index is 12.5. The number of rotatable bonds is 6. The van der Waals surface area contributed by atoms with Crippen molar-refractivity contribution in [1.29, 1.82) is 0 Å². The number of nitrogens with zero attached hydrogens (tertiary/aromatic N) is 2. The average molecular weight is 353 g/mol. The minimum Gasteiger partial charge on any atom is -0.497 e. The van der Waals surface area contributed by atoms with Gasteiger partial charge in [0, 0.05) is 11.1 Å². The van der Waals surface area contributed by atoms with Gasteiger partial charge >= 0.3 is 0 Å². The van der Waals surface area contributed by atoms with Crippen molar-refractivity contribution in [3.05, 3.63) is 53.6 Å². The van der Waals surface area contributed by atoms with Gasteiger partial charge in [-0.15, -0.1) is 0 Å². The lowest BCUT2D eigenvalue weighted by Crippen LogP contribution is -2.13. The van der Waals surface area contributed by atoms with Gasteiger partial charge < -0.3 is 14.8 Å². The third kappa shape index (κ3) is 3.66. The van der Waals surface area contributed by atoms with Crippen LogP contribution in [0.3, 0.4) is 0 Å². The molecule has 0 atom stereocenters. The van der Waals surface area contributed by atoms with E-state index in [0.29, 0.717) is 23.6 Å². The molecule has 3 aromatic rings. The molecule has 0 spiro atoms. The Morgan fingerprint density at radius 3 is 2.77 bits per heavy atom. The lowest BCUT2D eigenvalue weighted by Gasteiger charge is -2.08. The quantitative estimate of drug-likeness (QED) is 0.727. The highest BCUT2D eigenvalue weighted by molar-refractivity contribution is 6.05. The van der Waals surface area contributed by atoms with Crippen LogP contribution in [0.25, 0.3) is 11.3 Å². The molecular weight excluding hydrogens is 334 g/mol. The number of amides is 1. The van der Waals surface area contributed by atoms with Gasteiger partial charge in [0.25, 0.3) is 5.91 Å². The minimum absolute atomic E-state index is 0.251. The van der Waals surface area contributed by atoms with E-state index >= 15 is 0 Å². The van der Waals surface area contributed by atoms with E-state index in [1.165, 1.54) is 0 Å². The summed E-state index contributed by atoms with van der Waals surface area (Å²) in [6.45, 7) is 4.46. The molecule has 2 aromatic carbocycles. The van der Waals surface area contributed by atoms with Crippen LogP contribution in [0.5, 0.6) is 11.5 Å². The zero-order valence-corrected chi connectivity index (χ0v) is 14.8. The highest BCUT2D eigenvalue weighted by Gasteiger charge is 2.17. The lowest BCUT2D eigenvalue weighted by molar-refractivity contribution is 0.102. The van der Waals surface area contributed by atoms with Crippen LogP contribution in [0.4, 0.5) is 5.82 Å². The van der Waals surface area contributed by atoms with Crippen LogP contribution >= 0.6 is 0 Å². The van der Waals surface area contributed by atoms with E-state index in [9.17, 15) is 4.79 Å². The number of methoxy groups -OCH3 is 1. The molecule has 1 amide bonds. The molecule has 26 heavy (non-hydrogen) atoms. The predicted octanol–water partition coefficient (Wildman–Crippen LogP) is 3.70. The molecule has 1 aromatic heterocycles. The molecule has 7 heteroatoms. The fourth-order valence-electron chi connectivity index (χ4n) is 2.52. The van der Waals surface area contributed by atoms with Gasteiger partial charge in [-0.2, -0.15) is 0 Å². The number of benzene rings is 2. The molecule has 0 unspecified atom stereocenters. The smallest absolute Gasteiger partial charge is 0.257 e. The molecule has 0 fully saturated rings. The van der Waals surface area contributed by atoms with Crippen LogP contribution in [0.2, 0.25) is 0 Å². The standard InChI is InChI=1S/C19H19N3O4/c1-4-25-16-9-8-13(10-12(16)2)17-18(22-26-21-17)20-19(23)14-6-5-7-15(11-14)24-3/h5-11H,4H2,1-3H3,(H,20,22,23). The van der Waals surface area contributed by atoms with Crippen LogP contribution in [0.15, 0.2) is 47.1 Å². The highest BCUT2D eigenvalue weighted by atomic mass is 16.6. The summed E-state index contributed by atoms with van der Waals surface area (Å²) in [5, 5.41) is 10.4. The fourth-order valence-corrected chi connectivity index (χ4v) is 2.52. The zero-order chi connectivity index (χ0) is 18.5. The number of hydrogen-bond donors (Lipinski definition) is 1. The maximum Gasteiger partial charge on any atom is 0.257 e. The van der Waals surface area contributed by atoms with Crippen LogP contribution < -0.4 is 14.8 Å². The number of ether oxygens (including phenoxy) is 2. The summed E-state index contributed by atoms with van der Waals surface area (Å²) >= 11 is 0. The predicted molar refractivity (Wildman–Crippen MR) is 96.6 cm³/mol. The molecule has 0 aliphatic rings. The van der Waals surface area contributed by atoms with E-state index in [0.717, 1.165) is 16.9 Å². The fraction of sp³-hybridized carbons (Fsp3) is 0.211. The van der Waals surface area contributed by atoms with Crippen LogP contribution in [-0.4, -0.2) is 29.9 Å². The van der Waals surface area contributed by atoms with Crippen LogP contribution in [0, 0.1) is 6.92 Å². The Labute approximate surface area is 150 Å². The van der Waals surface area contributed by atoms with E-state index in [1.54, 1.807) is 31.4 Å². The monoisotopic (exact) mass is 353 g/mol.